The average Bonchev–Trinajstić information content (AvgIpc) is 2.90. The van der Waals surface area contributed by atoms with Gasteiger partial charge in [-0.1, -0.05) is 24.3 Å². The fourth-order valence-electron chi connectivity index (χ4n) is 2.38. The molecule has 4 nitrogen and oxygen atoms in total. The maximum absolute atomic E-state index is 12.0. The molecule has 0 N–H and O–H groups in total. The molecule has 5 heteroatoms. The Morgan fingerprint density at radius 3 is 2.90 bits per heavy atom. The summed E-state index contributed by atoms with van der Waals surface area (Å²) in [5, 5.41) is 1.88. The van der Waals surface area contributed by atoms with Gasteiger partial charge < -0.3 is 0 Å². The molecule has 3 aromatic rings. The van der Waals surface area contributed by atoms with Crippen LogP contribution in [0, 0.1) is 6.92 Å². The maximum atomic E-state index is 12.0. The Labute approximate surface area is 127 Å². The molecule has 0 aliphatic carbocycles. The van der Waals surface area contributed by atoms with Gasteiger partial charge in [0.15, 0.2) is 4.96 Å². The van der Waals surface area contributed by atoms with E-state index >= 15 is 0 Å². The standard InChI is InChI=1S/C16H17N3OS/c1-12-5-3-4-6-13(12)10-18(2)11-14-9-15(20)19-7-8-21-16(19)17-14/h3-9H,10-11H2,1-2H3. The predicted octanol–water partition coefficient (Wildman–Crippen LogP) is 2.70. The van der Waals surface area contributed by atoms with E-state index in [1.165, 1.54) is 22.5 Å². The Bertz CT molecular complexity index is 822. The smallest absolute Gasteiger partial charge is 0.258 e. The van der Waals surface area contributed by atoms with Gasteiger partial charge in [-0.25, -0.2) is 4.98 Å². The van der Waals surface area contributed by atoms with E-state index in [0.717, 1.165) is 17.2 Å². The summed E-state index contributed by atoms with van der Waals surface area (Å²) in [6.45, 7) is 3.63. The van der Waals surface area contributed by atoms with Crippen LogP contribution in [0.5, 0.6) is 0 Å². The van der Waals surface area contributed by atoms with Crippen LogP contribution in [0.3, 0.4) is 0 Å². The molecule has 0 atom stereocenters. The van der Waals surface area contributed by atoms with Crippen molar-refractivity contribution in [2.75, 3.05) is 7.05 Å². The topological polar surface area (TPSA) is 37.6 Å². The van der Waals surface area contributed by atoms with Crippen LogP contribution in [0.1, 0.15) is 16.8 Å². The minimum Gasteiger partial charge on any atom is -0.296 e. The molecule has 108 valence electrons. The third-order valence-corrected chi connectivity index (χ3v) is 4.25. The summed E-state index contributed by atoms with van der Waals surface area (Å²) in [7, 11) is 2.05. The van der Waals surface area contributed by atoms with Crippen molar-refractivity contribution in [1.82, 2.24) is 14.3 Å². The second-order valence-corrected chi connectivity index (χ2v) is 6.11. The van der Waals surface area contributed by atoms with E-state index in [0.29, 0.717) is 6.54 Å². The second-order valence-electron chi connectivity index (χ2n) is 5.24. The van der Waals surface area contributed by atoms with Crippen molar-refractivity contribution in [3.05, 3.63) is 69.1 Å². The van der Waals surface area contributed by atoms with Crippen molar-refractivity contribution in [3.8, 4) is 0 Å². The van der Waals surface area contributed by atoms with Crippen LogP contribution in [0.15, 0.2) is 46.7 Å². The third-order valence-electron chi connectivity index (χ3n) is 3.49. The van der Waals surface area contributed by atoms with E-state index in [-0.39, 0.29) is 5.56 Å². The highest BCUT2D eigenvalue weighted by Gasteiger charge is 2.07. The van der Waals surface area contributed by atoms with Gasteiger partial charge in [-0.3, -0.25) is 14.1 Å². The van der Waals surface area contributed by atoms with E-state index < -0.39 is 0 Å². The first-order chi connectivity index (χ1) is 10.1. The third kappa shape index (κ3) is 3.04. The van der Waals surface area contributed by atoms with Crippen molar-refractivity contribution in [2.24, 2.45) is 0 Å². The molecule has 0 bridgehead atoms. The second kappa shape index (κ2) is 5.79. The Morgan fingerprint density at radius 1 is 1.29 bits per heavy atom. The molecule has 0 aliphatic heterocycles. The lowest BCUT2D eigenvalue weighted by Gasteiger charge is -2.17. The molecule has 0 unspecified atom stereocenters. The molecule has 0 aliphatic rings. The predicted molar refractivity (Wildman–Crippen MR) is 85.7 cm³/mol. The van der Waals surface area contributed by atoms with Crippen molar-refractivity contribution < 1.29 is 0 Å². The number of thiazole rings is 1. The lowest BCUT2D eigenvalue weighted by Crippen LogP contribution is -2.21. The summed E-state index contributed by atoms with van der Waals surface area (Å²) in [4.78, 5) is 19.4. The largest absolute Gasteiger partial charge is 0.296 e. The molecule has 3 rings (SSSR count). The van der Waals surface area contributed by atoms with E-state index in [1.54, 1.807) is 16.7 Å². The quantitative estimate of drug-likeness (QED) is 0.743. The van der Waals surface area contributed by atoms with Gasteiger partial charge in [-0.15, -0.1) is 11.3 Å². The molecular formula is C16H17N3OS. The van der Waals surface area contributed by atoms with Crippen LogP contribution in [0.4, 0.5) is 0 Å². The normalized spacial score (nSPS) is 11.4. The molecule has 21 heavy (non-hydrogen) atoms. The number of nitrogens with zero attached hydrogens (tertiary/aromatic N) is 3. The van der Waals surface area contributed by atoms with E-state index in [1.807, 2.05) is 18.5 Å². The first kappa shape index (κ1) is 14.0. The fraction of sp³-hybridized carbons (Fsp3) is 0.250. The monoisotopic (exact) mass is 299 g/mol. The molecule has 2 aromatic heterocycles. The lowest BCUT2D eigenvalue weighted by atomic mass is 10.1. The van der Waals surface area contributed by atoms with Crippen LogP contribution < -0.4 is 5.56 Å². The number of hydrogen-bond acceptors (Lipinski definition) is 4. The van der Waals surface area contributed by atoms with Crippen LogP contribution in [-0.2, 0) is 13.1 Å². The molecule has 0 spiro atoms. The van der Waals surface area contributed by atoms with Gasteiger partial charge >= 0.3 is 0 Å². The molecule has 0 saturated heterocycles. The summed E-state index contributed by atoms with van der Waals surface area (Å²) >= 11 is 1.48. The summed E-state index contributed by atoms with van der Waals surface area (Å²) in [6, 6.07) is 9.97. The zero-order chi connectivity index (χ0) is 14.8. The maximum Gasteiger partial charge on any atom is 0.258 e. The number of aromatic nitrogens is 2. The van der Waals surface area contributed by atoms with Crippen molar-refractivity contribution in [1.29, 1.82) is 0 Å². The lowest BCUT2D eigenvalue weighted by molar-refractivity contribution is 0.314. The van der Waals surface area contributed by atoms with Crippen molar-refractivity contribution in [2.45, 2.75) is 20.0 Å². The summed E-state index contributed by atoms with van der Waals surface area (Å²) < 4.78 is 1.58. The van der Waals surface area contributed by atoms with Crippen LogP contribution >= 0.6 is 11.3 Å². The van der Waals surface area contributed by atoms with Crippen molar-refractivity contribution in [3.63, 3.8) is 0 Å². The van der Waals surface area contributed by atoms with Crippen molar-refractivity contribution >= 4 is 16.3 Å². The van der Waals surface area contributed by atoms with Crippen LogP contribution in [0.25, 0.3) is 4.96 Å². The highest BCUT2D eigenvalue weighted by atomic mass is 32.1. The molecule has 1 aromatic carbocycles. The van der Waals surface area contributed by atoms with Gasteiger partial charge in [0.1, 0.15) is 0 Å². The van der Waals surface area contributed by atoms with Gasteiger partial charge in [0.2, 0.25) is 0 Å². The summed E-state index contributed by atoms with van der Waals surface area (Å²) in [5.74, 6) is 0. The Morgan fingerprint density at radius 2 is 2.10 bits per heavy atom. The first-order valence-electron chi connectivity index (χ1n) is 6.82. The molecule has 2 heterocycles. The highest BCUT2D eigenvalue weighted by Crippen LogP contribution is 2.12. The Kier molecular flexibility index (Phi) is 3.86. The fourth-order valence-corrected chi connectivity index (χ4v) is 3.12. The Balaban J connectivity index is 1.78. The zero-order valence-electron chi connectivity index (χ0n) is 12.1. The molecule has 0 amide bonds. The first-order valence-corrected chi connectivity index (χ1v) is 7.70. The molecule has 0 radical (unpaired) electrons. The number of fused-ring (bicyclic) bond motifs is 1. The van der Waals surface area contributed by atoms with E-state index in [2.05, 4.69) is 35.0 Å². The number of benzene rings is 1. The van der Waals surface area contributed by atoms with Crippen LogP contribution in [0.2, 0.25) is 0 Å². The van der Waals surface area contributed by atoms with Gasteiger partial charge in [-0.2, -0.15) is 0 Å². The van der Waals surface area contributed by atoms with Crippen LogP contribution in [-0.4, -0.2) is 21.3 Å². The minimum absolute atomic E-state index is 0.0134. The van der Waals surface area contributed by atoms with Gasteiger partial charge in [-0.05, 0) is 25.1 Å². The average molecular weight is 299 g/mol. The van der Waals surface area contributed by atoms with Gasteiger partial charge in [0.25, 0.3) is 5.56 Å². The van der Waals surface area contributed by atoms with E-state index in [9.17, 15) is 4.79 Å². The molecule has 0 saturated carbocycles. The molecule has 0 fully saturated rings. The summed E-state index contributed by atoms with van der Waals surface area (Å²) in [6.07, 6.45) is 1.76. The van der Waals surface area contributed by atoms with Gasteiger partial charge in [0.05, 0.1) is 5.69 Å². The number of rotatable bonds is 4. The SMILES string of the molecule is Cc1ccccc1CN(C)Cc1cc(=O)n2ccsc2n1. The number of hydrogen-bond donors (Lipinski definition) is 0. The highest BCUT2D eigenvalue weighted by molar-refractivity contribution is 7.15. The van der Waals surface area contributed by atoms with E-state index in [4.69, 9.17) is 0 Å². The Hall–Kier alpha value is -1.98. The zero-order valence-corrected chi connectivity index (χ0v) is 12.9. The summed E-state index contributed by atoms with van der Waals surface area (Å²) in [5.41, 5.74) is 3.39. The number of aryl methyl sites for hydroxylation is 1. The van der Waals surface area contributed by atoms with Gasteiger partial charge in [0, 0.05) is 30.7 Å². The molecular weight excluding hydrogens is 282 g/mol. The minimum atomic E-state index is -0.0134.